The molecule has 6 heteroatoms. The number of hydrogen-bond donors (Lipinski definition) is 2. The van der Waals surface area contributed by atoms with Gasteiger partial charge in [0.1, 0.15) is 0 Å². The molecule has 5 nitrogen and oxygen atoms in total. The second-order valence-electron chi connectivity index (χ2n) is 5.96. The number of nitrogens with zero attached hydrogens (tertiary/aromatic N) is 2. The van der Waals surface area contributed by atoms with Crippen molar-refractivity contribution >= 4 is 41.3 Å². The molecule has 0 radical (unpaired) electrons. The van der Waals surface area contributed by atoms with Gasteiger partial charge in [-0.3, -0.25) is 0 Å². The third kappa shape index (κ3) is 5.89. The molecule has 0 saturated carbocycles. The highest BCUT2D eigenvalue weighted by Gasteiger charge is 2.10. The van der Waals surface area contributed by atoms with E-state index < -0.39 is 0 Å². The lowest BCUT2D eigenvalue weighted by Crippen LogP contribution is -2.36. The van der Waals surface area contributed by atoms with Crippen LogP contribution in [0.4, 0.5) is 11.4 Å². The highest BCUT2D eigenvalue weighted by atomic mass is 127. The minimum Gasteiger partial charge on any atom is -0.378 e. The van der Waals surface area contributed by atoms with Crippen LogP contribution in [0.25, 0.3) is 0 Å². The predicted octanol–water partition coefficient (Wildman–Crippen LogP) is 3.38. The van der Waals surface area contributed by atoms with Crippen molar-refractivity contribution < 1.29 is 4.74 Å². The van der Waals surface area contributed by atoms with E-state index in [0.29, 0.717) is 12.5 Å². The number of benzene rings is 2. The van der Waals surface area contributed by atoms with Crippen LogP contribution in [0.15, 0.2) is 53.5 Å². The molecule has 134 valence electrons. The summed E-state index contributed by atoms with van der Waals surface area (Å²) >= 11 is 0. The van der Waals surface area contributed by atoms with E-state index in [9.17, 15) is 0 Å². The molecule has 0 unspecified atom stereocenters. The maximum atomic E-state index is 5.97. The van der Waals surface area contributed by atoms with Crippen molar-refractivity contribution in [2.75, 3.05) is 36.5 Å². The number of rotatable bonds is 4. The van der Waals surface area contributed by atoms with Crippen LogP contribution >= 0.6 is 24.0 Å². The Balaban J connectivity index is 0.00000225. The molecule has 0 spiro atoms. The molecule has 0 bridgehead atoms. The summed E-state index contributed by atoms with van der Waals surface area (Å²) in [4.78, 5) is 6.75. The zero-order valence-corrected chi connectivity index (χ0v) is 16.8. The summed E-state index contributed by atoms with van der Waals surface area (Å²) in [5.41, 5.74) is 10.5. The Morgan fingerprint density at radius 3 is 2.56 bits per heavy atom. The first-order valence-corrected chi connectivity index (χ1v) is 8.26. The van der Waals surface area contributed by atoms with Crippen LogP contribution < -0.4 is 16.0 Å². The molecule has 2 aromatic carbocycles. The van der Waals surface area contributed by atoms with Crippen LogP contribution in [0.5, 0.6) is 0 Å². The van der Waals surface area contributed by atoms with Gasteiger partial charge in [0.25, 0.3) is 0 Å². The molecule has 25 heavy (non-hydrogen) atoms. The summed E-state index contributed by atoms with van der Waals surface area (Å²) in [5, 5.41) is 3.12. The van der Waals surface area contributed by atoms with Crippen LogP contribution in [-0.4, -0.2) is 32.3 Å². The van der Waals surface area contributed by atoms with Crippen LogP contribution in [0.3, 0.4) is 0 Å². The zero-order chi connectivity index (χ0) is 16.8. The van der Waals surface area contributed by atoms with E-state index in [1.165, 1.54) is 11.3 Å². The van der Waals surface area contributed by atoms with E-state index in [-0.39, 0.29) is 24.0 Å². The molecule has 0 amide bonds. The number of nitrogens with one attached hydrogen (secondary N) is 1. The summed E-state index contributed by atoms with van der Waals surface area (Å²) in [6, 6.07) is 16.6. The Labute approximate surface area is 166 Å². The second-order valence-corrected chi connectivity index (χ2v) is 5.96. The van der Waals surface area contributed by atoms with Gasteiger partial charge in [-0.2, -0.15) is 0 Å². The third-order valence-electron chi connectivity index (χ3n) is 4.04. The Hall–Kier alpha value is -1.80. The quantitative estimate of drug-likeness (QED) is 0.424. The minimum atomic E-state index is 0. The first-order chi connectivity index (χ1) is 11.7. The second kappa shape index (κ2) is 9.62. The lowest BCUT2D eigenvalue weighted by molar-refractivity contribution is 0.122. The van der Waals surface area contributed by atoms with Crippen LogP contribution in [0.2, 0.25) is 0 Å². The Morgan fingerprint density at radius 1 is 1.16 bits per heavy atom. The molecule has 3 rings (SSSR count). The number of guanidine groups is 1. The van der Waals surface area contributed by atoms with Gasteiger partial charge in [0, 0.05) is 24.5 Å². The maximum absolute atomic E-state index is 5.97. The van der Waals surface area contributed by atoms with E-state index >= 15 is 0 Å². The smallest absolute Gasteiger partial charge is 0.193 e. The molecule has 1 saturated heterocycles. The number of morpholine rings is 1. The molecule has 0 aliphatic carbocycles. The van der Waals surface area contributed by atoms with Crippen LogP contribution in [-0.2, 0) is 11.3 Å². The van der Waals surface area contributed by atoms with Gasteiger partial charge in [0.05, 0.1) is 19.8 Å². The highest BCUT2D eigenvalue weighted by Crippen LogP contribution is 2.17. The summed E-state index contributed by atoms with van der Waals surface area (Å²) in [6.07, 6.45) is 0. The van der Waals surface area contributed by atoms with Crippen LogP contribution in [0, 0.1) is 6.92 Å². The van der Waals surface area contributed by atoms with Crippen molar-refractivity contribution in [1.29, 1.82) is 0 Å². The van der Waals surface area contributed by atoms with Gasteiger partial charge in [0.2, 0.25) is 0 Å². The van der Waals surface area contributed by atoms with Gasteiger partial charge >= 0.3 is 0 Å². The molecular weight excluding hydrogens is 427 g/mol. The normalized spacial score (nSPS) is 14.8. The number of nitrogens with two attached hydrogens (primary N) is 1. The Kier molecular flexibility index (Phi) is 7.52. The Bertz CT molecular complexity index is 697. The molecule has 1 heterocycles. The van der Waals surface area contributed by atoms with Gasteiger partial charge < -0.3 is 20.7 Å². The van der Waals surface area contributed by atoms with E-state index in [2.05, 4.69) is 52.5 Å². The lowest BCUT2D eigenvalue weighted by Gasteiger charge is -2.28. The van der Waals surface area contributed by atoms with Crippen molar-refractivity contribution in [2.45, 2.75) is 13.5 Å². The molecular formula is C19H25IN4O. The van der Waals surface area contributed by atoms with Gasteiger partial charge in [-0.05, 0) is 42.3 Å². The highest BCUT2D eigenvalue weighted by molar-refractivity contribution is 14.0. The van der Waals surface area contributed by atoms with E-state index in [4.69, 9.17) is 10.5 Å². The SMILES string of the molecule is Cc1cccc(NC(N)=NCc2ccc(N3CCOCC3)cc2)c1.I. The lowest BCUT2D eigenvalue weighted by atomic mass is 10.2. The van der Waals surface area contributed by atoms with Crippen molar-refractivity contribution in [1.82, 2.24) is 0 Å². The number of aryl methyl sites for hydroxylation is 1. The number of halogens is 1. The molecule has 0 aromatic heterocycles. The summed E-state index contributed by atoms with van der Waals surface area (Å²) < 4.78 is 5.39. The number of hydrogen-bond acceptors (Lipinski definition) is 3. The van der Waals surface area contributed by atoms with Crippen molar-refractivity contribution in [3.05, 3.63) is 59.7 Å². The largest absolute Gasteiger partial charge is 0.378 e. The average molecular weight is 452 g/mol. The van der Waals surface area contributed by atoms with Gasteiger partial charge in [0.15, 0.2) is 5.96 Å². The molecule has 1 aliphatic heterocycles. The first-order valence-electron chi connectivity index (χ1n) is 8.26. The predicted molar refractivity (Wildman–Crippen MR) is 115 cm³/mol. The number of aliphatic imine (C=N–C) groups is 1. The molecule has 1 fully saturated rings. The van der Waals surface area contributed by atoms with Crippen molar-refractivity contribution in [2.24, 2.45) is 10.7 Å². The topological polar surface area (TPSA) is 62.9 Å². The zero-order valence-electron chi connectivity index (χ0n) is 14.4. The average Bonchev–Trinajstić information content (AvgIpc) is 2.61. The summed E-state index contributed by atoms with van der Waals surface area (Å²) in [6.45, 7) is 6.11. The molecule has 2 aromatic rings. The van der Waals surface area contributed by atoms with E-state index in [0.717, 1.165) is 37.6 Å². The fourth-order valence-corrected chi connectivity index (χ4v) is 2.72. The van der Waals surface area contributed by atoms with Gasteiger partial charge in [-0.15, -0.1) is 24.0 Å². The van der Waals surface area contributed by atoms with E-state index in [1.54, 1.807) is 0 Å². The third-order valence-corrected chi connectivity index (χ3v) is 4.04. The number of anilines is 2. The van der Waals surface area contributed by atoms with Gasteiger partial charge in [-0.1, -0.05) is 24.3 Å². The Morgan fingerprint density at radius 2 is 1.88 bits per heavy atom. The van der Waals surface area contributed by atoms with Crippen molar-refractivity contribution in [3.8, 4) is 0 Å². The van der Waals surface area contributed by atoms with Gasteiger partial charge in [-0.25, -0.2) is 4.99 Å². The molecule has 3 N–H and O–H groups in total. The first kappa shape index (κ1) is 19.5. The molecule has 1 aliphatic rings. The van der Waals surface area contributed by atoms with Crippen molar-refractivity contribution in [3.63, 3.8) is 0 Å². The van der Waals surface area contributed by atoms with Crippen LogP contribution in [0.1, 0.15) is 11.1 Å². The summed E-state index contributed by atoms with van der Waals surface area (Å²) in [7, 11) is 0. The standard InChI is InChI=1S/C19H24N4O.HI/c1-15-3-2-4-17(13-15)22-19(20)21-14-16-5-7-18(8-6-16)23-9-11-24-12-10-23;/h2-8,13H,9-12,14H2,1H3,(H3,20,21,22);1H. The summed E-state index contributed by atoms with van der Waals surface area (Å²) in [5.74, 6) is 0.429. The molecule has 0 atom stereocenters. The monoisotopic (exact) mass is 452 g/mol. The number of ether oxygens (including phenoxy) is 1. The fourth-order valence-electron chi connectivity index (χ4n) is 2.72. The maximum Gasteiger partial charge on any atom is 0.193 e. The fraction of sp³-hybridized carbons (Fsp3) is 0.316. The minimum absolute atomic E-state index is 0. The van der Waals surface area contributed by atoms with E-state index in [1.807, 2.05) is 18.2 Å².